The van der Waals surface area contributed by atoms with Crippen molar-refractivity contribution in [3.63, 3.8) is 0 Å². The lowest BCUT2D eigenvalue weighted by atomic mass is 9.97. The van der Waals surface area contributed by atoms with Crippen molar-refractivity contribution in [2.45, 2.75) is 31.9 Å². The number of hydrogen-bond acceptors (Lipinski definition) is 3. The highest BCUT2D eigenvalue weighted by atomic mass is 32.2. The molecule has 0 amide bonds. The fourth-order valence-corrected chi connectivity index (χ4v) is 3.39. The van der Waals surface area contributed by atoms with E-state index in [0.29, 0.717) is 11.3 Å². The third-order valence-electron chi connectivity index (χ3n) is 3.16. The smallest absolute Gasteiger partial charge is 0.274 e. The van der Waals surface area contributed by atoms with Crippen molar-refractivity contribution >= 4 is 10.0 Å². The zero-order valence-electron chi connectivity index (χ0n) is 12.1. The van der Waals surface area contributed by atoms with Crippen molar-refractivity contribution < 1.29 is 17.2 Å². The number of sulfonamides is 1. The summed E-state index contributed by atoms with van der Waals surface area (Å²) in [5.74, 6) is 0.172. The van der Waals surface area contributed by atoms with Crippen LogP contribution < -0.4 is 4.72 Å². The Morgan fingerprint density at radius 1 is 1.10 bits per heavy atom. The summed E-state index contributed by atoms with van der Waals surface area (Å²) >= 11 is 0. The Balaban J connectivity index is 2.30. The fraction of sp³-hybridized carbons (Fsp3) is 0.333. The largest absolute Gasteiger partial charge is 0.449 e. The van der Waals surface area contributed by atoms with Gasteiger partial charge in [0.2, 0.25) is 5.09 Å². The number of benzene rings is 1. The van der Waals surface area contributed by atoms with Crippen LogP contribution in [0.25, 0.3) is 0 Å². The second-order valence-corrected chi connectivity index (χ2v) is 6.90. The molecule has 0 radical (unpaired) electrons. The molecule has 2 aromatic rings. The summed E-state index contributed by atoms with van der Waals surface area (Å²) in [4.78, 5) is 0. The summed E-state index contributed by atoms with van der Waals surface area (Å²) in [5, 5.41) is -0.118. The van der Waals surface area contributed by atoms with Gasteiger partial charge in [-0.1, -0.05) is 26.0 Å². The topological polar surface area (TPSA) is 59.3 Å². The molecule has 0 unspecified atom stereocenters. The number of aryl methyl sites for hydroxylation is 1. The molecule has 1 N–H and O–H groups in total. The van der Waals surface area contributed by atoms with Gasteiger partial charge in [0.05, 0.1) is 0 Å². The van der Waals surface area contributed by atoms with E-state index in [1.54, 1.807) is 25.1 Å². The normalized spacial score (nSPS) is 13.6. The summed E-state index contributed by atoms with van der Waals surface area (Å²) in [6, 6.07) is 8.34. The maximum Gasteiger partial charge on any atom is 0.274 e. The lowest BCUT2D eigenvalue weighted by Crippen LogP contribution is -2.31. The van der Waals surface area contributed by atoms with E-state index in [4.69, 9.17) is 4.42 Å². The Hall–Kier alpha value is -1.66. The minimum absolute atomic E-state index is 0.00120. The van der Waals surface area contributed by atoms with Crippen LogP contribution in [0.2, 0.25) is 0 Å². The SMILES string of the molecule is Cc1ccc(S(=O)(=O)N[C@@H](c2ccc(F)cc2)C(C)C)o1. The van der Waals surface area contributed by atoms with Crippen LogP contribution in [0.5, 0.6) is 0 Å². The number of rotatable bonds is 5. The quantitative estimate of drug-likeness (QED) is 0.920. The fourth-order valence-electron chi connectivity index (χ4n) is 2.04. The Kier molecular flexibility index (Phi) is 4.49. The first kappa shape index (κ1) is 15.7. The van der Waals surface area contributed by atoms with Gasteiger partial charge < -0.3 is 4.42 Å². The van der Waals surface area contributed by atoms with Gasteiger partial charge in [-0.3, -0.25) is 0 Å². The molecule has 1 aromatic carbocycles. The van der Waals surface area contributed by atoms with Crippen LogP contribution >= 0.6 is 0 Å². The molecule has 1 aromatic heterocycles. The molecule has 6 heteroatoms. The van der Waals surface area contributed by atoms with E-state index in [1.807, 2.05) is 13.8 Å². The zero-order valence-corrected chi connectivity index (χ0v) is 12.9. The summed E-state index contributed by atoms with van der Waals surface area (Å²) in [7, 11) is -3.75. The van der Waals surface area contributed by atoms with Crippen LogP contribution in [-0.4, -0.2) is 8.42 Å². The molecule has 2 rings (SSSR count). The van der Waals surface area contributed by atoms with Gasteiger partial charge in [0.1, 0.15) is 11.6 Å². The van der Waals surface area contributed by atoms with Crippen LogP contribution in [0.15, 0.2) is 45.9 Å². The monoisotopic (exact) mass is 311 g/mol. The molecule has 21 heavy (non-hydrogen) atoms. The highest BCUT2D eigenvalue weighted by Crippen LogP contribution is 2.25. The molecule has 0 aliphatic heterocycles. The molecule has 4 nitrogen and oxygen atoms in total. The minimum atomic E-state index is -3.75. The third kappa shape index (κ3) is 3.71. The molecule has 0 spiro atoms. The van der Waals surface area contributed by atoms with Crippen LogP contribution in [-0.2, 0) is 10.0 Å². The highest BCUT2D eigenvalue weighted by molar-refractivity contribution is 7.89. The van der Waals surface area contributed by atoms with E-state index in [0.717, 1.165) is 0 Å². The van der Waals surface area contributed by atoms with Gasteiger partial charge in [-0.25, -0.2) is 17.5 Å². The van der Waals surface area contributed by atoms with Gasteiger partial charge in [0.25, 0.3) is 10.0 Å². The third-order valence-corrected chi connectivity index (χ3v) is 4.47. The van der Waals surface area contributed by atoms with Crippen molar-refractivity contribution in [2.75, 3.05) is 0 Å². The predicted octanol–water partition coefficient (Wildman–Crippen LogP) is 3.40. The van der Waals surface area contributed by atoms with Crippen molar-refractivity contribution in [3.8, 4) is 0 Å². The number of hydrogen-bond donors (Lipinski definition) is 1. The number of furan rings is 1. The van der Waals surface area contributed by atoms with Gasteiger partial charge in [-0.05, 0) is 42.7 Å². The van der Waals surface area contributed by atoms with Crippen molar-refractivity contribution in [2.24, 2.45) is 5.92 Å². The standard InChI is InChI=1S/C15H18FNO3S/c1-10(2)15(12-5-7-13(16)8-6-12)17-21(18,19)14-9-4-11(3)20-14/h4-10,15,17H,1-3H3/t15-/m1/s1. The summed E-state index contributed by atoms with van der Waals surface area (Å²) in [6.45, 7) is 5.47. The lowest BCUT2D eigenvalue weighted by Gasteiger charge is -2.22. The maximum absolute atomic E-state index is 13.0. The molecular weight excluding hydrogens is 293 g/mol. The maximum atomic E-state index is 13.0. The highest BCUT2D eigenvalue weighted by Gasteiger charge is 2.26. The van der Waals surface area contributed by atoms with Gasteiger partial charge in [-0.15, -0.1) is 0 Å². The molecule has 0 aliphatic carbocycles. The van der Waals surface area contributed by atoms with Gasteiger partial charge >= 0.3 is 0 Å². The van der Waals surface area contributed by atoms with E-state index >= 15 is 0 Å². The summed E-state index contributed by atoms with van der Waals surface area (Å²) in [5.41, 5.74) is 0.707. The van der Waals surface area contributed by atoms with Crippen LogP contribution in [0.1, 0.15) is 31.2 Å². The molecule has 114 valence electrons. The first-order valence-corrected chi connectivity index (χ1v) is 8.12. The zero-order chi connectivity index (χ0) is 15.6. The van der Waals surface area contributed by atoms with Crippen molar-refractivity contribution in [3.05, 3.63) is 53.5 Å². The first-order chi connectivity index (χ1) is 9.79. The first-order valence-electron chi connectivity index (χ1n) is 6.64. The van der Waals surface area contributed by atoms with Gasteiger partial charge in [0.15, 0.2) is 0 Å². The molecule has 0 saturated carbocycles. The van der Waals surface area contributed by atoms with Gasteiger partial charge in [0, 0.05) is 6.04 Å². The molecule has 1 atom stereocenters. The van der Waals surface area contributed by atoms with Crippen molar-refractivity contribution in [1.29, 1.82) is 0 Å². The Morgan fingerprint density at radius 3 is 2.19 bits per heavy atom. The summed E-state index contributed by atoms with van der Waals surface area (Å²) in [6.07, 6.45) is 0. The Morgan fingerprint density at radius 2 is 1.71 bits per heavy atom. The molecule has 0 aliphatic rings. The minimum Gasteiger partial charge on any atom is -0.449 e. The lowest BCUT2D eigenvalue weighted by molar-refractivity contribution is 0.411. The molecule has 1 heterocycles. The average Bonchev–Trinajstić information content (AvgIpc) is 2.84. The number of nitrogens with one attached hydrogen (secondary N) is 1. The molecular formula is C15H18FNO3S. The average molecular weight is 311 g/mol. The molecule has 0 saturated heterocycles. The summed E-state index contributed by atoms with van der Waals surface area (Å²) < 4.78 is 45.4. The van der Waals surface area contributed by atoms with E-state index in [2.05, 4.69) is 4.72 Å². The molecule has 0 fully saturated rings. The van der Waals surface area contributed by atoms with E-state index in [1.165, 1.54) is 18.2 Å². The predicted molar refractivity (Wildman–Crippen MR) is 77.7 cm³/mol. The van der Waals surface area contributed by atoms with E-state index < -0.39 is 16.1 Å². The van der Waals surface area contributed by atoms with E-state index in [9.17, 15) is 12.8 Å². The second-order valence-electron chi connectivity index (χ2n) is 5.26. The van der Waals surface area contributed by atoms with Crippen LogP contribution in [0.4, 0.5) is 4.39 Å². The Labute approximate surface area is 124 Å². The van der Waals surface area contributed by atoms with E-state index in [-0.39, 0.29) is 16.8 Å². The number of halogens is 1. The van der Waals surface area contributed by atoms with Gasteiger partial charge in [-0.2, -0.15) is 0 Å². The second kappa shape index (κ2) is 5.99. The van der Waals surface area contributed by atoms with Crippen LogP contribution in [0, 0.1) is 18.7 Å². The van der Waals surface area contributed by atoms with Crippen LogP contribution in [0.3, 0.4) is 0 Å². The van der Waals surface area contributed by atoms with Crippen molar-refractivity contribution in [1.82, 2.24) is 4.72 Å². The Bertz CT molecular complexity index is 705. The molecule has 0 bridgehead atoms.